The molecule has 0 aliphatic rings. The van der Waals surface area contributed by atoms with E-state index in [4.69, 9.17) is 27.1 Å². The van der Waals surface area contributed by atoms with E-state index in [0.29, 0.717) is 0 Å². The lowest BCUT2D eigenvalue weighted by atomic mass is 9.94. The van der Waals surface area contributed by atoms with Gasteiger partial charge < -0.3 is 32.3 Å². The summed E-state index contributed by atoms with van der Waals surface area (Å²) in [5.41, 5.74) is 10.7. The van der Waals surface area contributed by atoms with Crippen LogP contribution in [0.5, 0.6) is 0 Å². The number of hydrogen-bond acceptors (Lipinski definition) is 7. The molecule has 32 heavy (non-hydrogen) atoms. The second-order valence-corrected chi connectivity index (χ2v) is 6.58. The summed E-state index contributed by atoms with van der Waals surface area (Å²) < 4.78 is 0. The average Bonchev–Trinajstić information content (AvgIpc) is 2.79. The molecule has 0 heterocycles. The molecule has 11 heteroatoms. The first-order valence-electron chi connectivity index (χ1n) is 9.46. The summed E-state index contributed by atoms with van der Waals surface area (Å²) >= 11 is 0. The Bertz CT molecular complexity index is 999. The zero-order chi connectivity index (χ0) is 23.8. The first-order chi connectivity index (χ1) is 15.2. The molecule has 0 spiro atoms. The Kier molecular flexibility index (Phi) is 8.16. The van der Waals surface area contributed by atoms with Crippen molar-refractivity contribution in [3.63, 3.8) is 0 Å². The molecule has 0 unspecified atom stereocenters. The van der Waals surface area contributed by atoms with Crippen LogP contribution in [0.15, 0.2) is 36.4 Å². The van der Waals surface area contributed by atoms with Crippen molar-refractivity contribution in [3.05, 3.63) is 69.8 Å². The van der Waals surface area contributed by atoms with E-state index in [-0.39, 0.29) is 65.4 Å². The highest BCUT2D eigenvalue weighted by molar-refractivity contribution is 6.16. The first kappa shape index (κ1) is 24.2. The normalized spacial score (nSPS) is 10.3. The smallest absolute Gasteiger partial charge is 0.252 e. The Morgan fingerprint density at radius 2 is 1.09 bits per heavy atom. The predicted molar refractivity (Wildman–Crippen MR) is 115 cm³/mol. The van der Waals surface area contributed by atoms with Crippen LogP contribution in [0.1, 0.15) is 52.6 Å². The van der Waals surface area contributed by atoms with Crippen LogP contribution in [0, 0.1) is 5.41 Å². The van der Waals surface area contributed by atoms with Gasteiger partial charge in [-0.2, -0.15) is 0 Å². The van der Waals surface area contributed by atoms with Crippen LogP contribution in [-0.4, -0.2) is 65.9 Å². The number of nitrogens with one attached hydrogen (secondary N) is 3. The van der Waals surface area contributed by atoms with Crippen molar-refractivity contribution < 1.29 is 29.4 Å². The van der Waals surface area contributed by atoms with Crippen molar-refractivity contribution >= 4 is 29.3 Å². The monoisotopic (exact) mass is 441 g/mol. The molecule has 11 nitrogen and oxygen atoms in total. The van der Waals surface area contributed by atoms with E-state index in [0.717, 1.165) is 0 Å². The van der Waals surface area contributed by atoms with Gasteiger partial charge in [-0.1, -0.05) is 12.1 Å². The maximum atomic E-state index is 12.4. The van der Waals surface area contributed by atoms with E-state index in [1.165, 1.54) is 36.4 Å². The van der Waals surface area contributed by atoms with E-state index < -0.39 is 23.6 Å². The zero-order valence-electron chi connectivity index (χ0n) is 17.0. The van der Waals surface area contributed by atoms with Gasteiger partial charge in [0.25, 0.3) is 11.8 Å². The average molecular weight is 441 g/mol. The fourth-order valence-corrected chi connectivity index (χ4v) is 2.90. The first-order valence-corrected chi connectivity index (χ1v) is 9.46. The number of nitrogens with two attached hydrogens (primary N) is 2. The van der Waals surface area contributed by atoms with Crippen molar-refractivity contribution in [2.45, 2.75) is 0 Å². The summed E-state index contributed by atoms with van der Waals surface area (Å²) in [4.78, 5) is 48.1. The van der Waals surface area contributed by atoms with Gasteiger partial charge >= 0.3 is 0 Å². The molecule has 0 bridgehead atoms. The SMILES string of the molecule is N=C(c1ccc(C(N)=O)c(C(=O)NCCO)c1)c1ccc(C(N)=O)c(C(=O)NCCO)c1. The highest BCUT2D eigenvalue weighted by atomic mass is 16.3. The van der Waals surface area contributed by atoms with Crippen molar-refractivity contribution in [1.82, 2.24) is 10.6 Å². The van der Waals surface area contributed by atoms with Gasteiger partial charge in [0.1, 0.15) is 0 Å². The number of carbonyl (C=O) groups is 4. The summed E-state index contributed by atoms with van der Waals surface area (Å²) in [5, 5.41) is 31.1. The lowest BCUT2D eigenvalue weighted by Crippen LogP contribution is -2.29. The summed E-state index contributed by atoms with van der Waals surface area (Å²) in [6.45, 7) is -0.694. The Hall–Kier alpha value is -4.09. The number of rotatable bonds is 10. The molecule has 0 radical (unpaired) electrons. The molecule has 0 aromatic heterocycles. The Labute approximate surface area is 182 Å². The van der Waals surface area contributed by atoms with Gasteiger partial charge in [-0.15, -0.1) is 0 Å². The maximum absolute atomic E-state index is 12.4. The molecule has 0 saturated heterocycles. The lowest BCUT2D eigenvalue weighted by Gasteiger charge is -2.13. The van der Waals surface area contributed by atoms with Gasteiger partial charge in [0.05, 0.1) is 41.2 Å². The Balaban J connectivity index is 2.50. The number of aliphatic hydroxyl groups is 2. The second kappa shape index (κ2) is 10.8. The van der Waals surface area contributed by atoms with E-state index in [1.54, 1.807) is 0 Å². The number of hydrogen-bond donors (Lipinski definition) is 7. The summed E-state index contributed by atoms with van der Waals surface area (Å²) in [6, 6.07) is 8.02. The summed E-state index contributed by atoms with van der Waals surface area (Å²) in [6.07, 6.45) is 0. The molecule has 9 N–H and O–H groups in total. The maximum Gasteiger partial charge on any atom is 0.252 e. The number of primary amides is 2. The van der Waals surface area contributed by atoms with Crippen LogP contribution in [0.25, 0.3) is 0 Å². The number of benzene rings is 2. The molecule has 168 valence electrons. The minimum Gasteiger partial charge on any atom is -0.395 e. The van der Waals surface area contributed by atoms with Gasteiger partial charge in [-0.05, 0) is 24.3 Å². The topological polar surface area (TPSA) is 209 Å². The molecule has 0 atom stereocenters. The molecule has 0 aliphatic carbocycles. The largest absolute Gasteiger partial charge is 0.395 e. The van der Waals surface area contributed by atoms with Crippen LogP contribution in [0.4, 0.5) is 0 Å². The zero-order valence-corrected chi connectivity index (χ0v) is 17.0. The van der Waals surface area contributed by atoms with E-state index in [1.807, 2.05) is 0 Å². The second-order valence-electron chi connectivity index (χ2n) is 6.58. The molecule has 2 aromatic carbocycles. The molecule has 2 rings (SSSR count). The molecular weight excluding hydrogens is 418 g/mol. The molecule has 4 amide bonds. The van der Waals surface area contributed by atoms with Crippen molar-refractivity contribution in [2.75, 3.05) is 26.3 Å². The van der Waals surface area contributed by atoms with Gasteiger partial charge in [0.15, 0.2) is 0 Å². The third kappa shape index (κ3) is 5.53. The molecule has 2 aromatic rings. The third-order valence-electron chi connectivity index (χ3n) is 4.43. The number of amides is 4. The van der Waals surface area contributed by atoms with E-state index in [2.05, 4.69) is 10.6 Å². The number of carbonyl (C=O) groups excluding carboxylic acids is 4. The van der Waals surface area contributed by atoms with E-state index in [9.17, 15) is 19.2 Å². The lowest BCUT2D eigenvalue weighted by molar-refractivity contribution is 0.0927. The van der Waals surface area contributed by atoms with Crippen LogP contribution in [-0.2, 0) is 0 Å². The Morgan fingerprint density at radius 3 is 1.41 bits per heavy atom. The molecule has 0 fully saturated rings. The van der Waals surface area contributed by atoms with Crippen molar-refractivity contribution in [1.29, 1.82) is 5.41 Å². The third-order valence-corrected chi connectivity index (χ3v) is 4.43. The number of aliphatic hydroxyl groups excluding tert-OH is 2. The predicted octanol–water partition coefficient (Wildman–Crippen LogP) is -1.26. The highest BCUT2D eigenvalue weighted by Crippen LogP contribution is 2.19. The van der Waals surface area contributed by atoms with Crippen molar-refractivity contribution in [3.8, 4) is 0 Å². The fraction of sp³-hybridized carbons (Fsp3) is 0.190. The fourth-order valence-electron chi connectivity index (χ4n) is 2.90. The van der Waals surface area contributed by atoms with Crippen LogP contribution in [0.2, 0.25) is 0 Å². The Morgan fingerprint density at radius 1 is 0.719 bits per heavy atom. The quantitative estimate of drug-likeness (QED) is 0.224. The van der Waals surface area contributed by atoms with E-state index >= 15 is 0 Å². The minimum absolute atomic E-state index is 0.0421. The minimum atomic E-state index is -0.842. The van der Waals surface area contributed by atoms with Gasteiger partial charge in [0, 0.05) is 24.2 Å². The molecule has 0 saturated carbocycles. The van der Waals surface area contributed by atoms with Crippen LogP contribution >= 0.6 is 0 Å². The molecular formula is C21H23N5O6. The molecule has 0 aliphatic heterocycles. The highest BCUT2D eigenvalue weighted by Gasteiger charge is 2.20. The van der Waals surface area contributed by atoms with Gasteiger partial charge in [0.2, 0.25) is 11.8 Å². The van der Waals surface area contributed by atoms with Crippen LogP contribution < -0.4 is 22.1 Å². The van der Waals surface area contributed by atoms with Gasteiger partial charge in [-0.25, -0.2) is 0 Å². The van der Waals surface area contributed by atoms with Crippen molar-refractivity contribution in [2.24, 2.45) is 11.5 Å². The summed E-state index contributed by atoms with van der Waals surface area (Å²) in [5.74, 6) is -3.00. The summed E-state index contributed by atoms with van der Waals surface area (Å²) in [7, 11) is 0. The van der Waals surface area contributed by atoms with Crippen LogP contribution in [0.3, 0.4) is 0 Å². The van der Waals surface area contributed by atoms with Gasteiger partial charge in [-0.3, -0.25) is 24.6 Å². The standard InChI is InChI=1S/C21H23N5O6/c22-17(11-1-3-13(18(23)29)15(9-11)20(31)25-5-7-27)12-2-4-14(19(24)30)16(10-12)21(32)26-6-8-28/h1-4,9-10,22,27-28H,5-8H2,(H2,23,29)(H2,24,30)(H,25,31)(H,26,32).